The molecule has 0 radical (unpaired) electrons. The number of nitroso groups, excluding NO2 is 1. The van der Waals surface area contributed by atoms with Crippen LogP contribution in [-0.4, -0.2) is 9.82 Å². The Balaban J connectivity index is 2.42. The minimum Gasteiger partial charge on any atom is -0.754 e. The second kappa shape index (κ2) is 3.90. The van der Waals surface area contributed by atoms with Crippen LogP contribution in [0.25, 0.3) is 0 Å². The molecule has 0 fully saturated rings. The molecule has 0 aliphatic carbocycles. The van der Waals surface area contributed by atoms with E-state index in [9.17, 15) is 10.1 Å². The van der Waals surface area contributed by atoms with Crippen LogP contribution < -0.4 is 0 Å². The van der Waals surface area contributed by atoms with Crippen molar-refractivity contribution in [1.82, 2.24) is 5.06 Å². The Bertz CT molecular complexity index is 493. The molecular weight excluding hydrogens is 204 g/mol. The third kappa shape index (κ3) is 1.87. The van der Waals surface area contributed by atoms with Gasteiger partial charge in [-0.15, -0.1) is 0 Å². The SMILES string of the molecule is CC1=CN([O-])C(=C2C=CC(C)=C[N+]2=O)C=C1. The highest BCUT2D eigenvalue weighted by atomic mass is 16.5. The molecule has 0 amide bonds. The van der Waals surface area contributed by atoms with Gasteiger partial charge < -0.3 is 10.3 Å². The average Bonchev–Trinajstić information content (AvgIpc) is 2.19. The van der Waals surface area contributed by atoms with Crippen LogP contribution in [0.1, 0.15) is 13.8 Å². The van der Waals surface area contributed by atoms with Gasteiger partial charge in [0, 0.05) is 16.6 Å². The molecular formula is C12H12N2O2. The van der Waals surface area contributed by atoms with Crippen LogP contribution in [0.3, 0.4) is 0 Å². The predicted molar refractivity (Wildman–Crippen MR) is 61.7 cm³/mol. The molecule has 0 unspecified atom stereocenters. The van der Waals surface area contributed by atoms with Gasteiger partial charge in [-0.25, -0.2) is 0 Å². The molecule has 0 aromatic heterocycles. The van der Waals surface area contributed by atoms with Crippen LogP contribution in [0.5, 0.6) is 0 Å². The summed E-state index contributed by atoms with van der Waals surface area (Å²) < 4.78 is 0.717. The number of nitrogens with zero attached hydrogens (tertiary/aromatic N) is 2. The topological polar surface area (TPSA) is 46.4 Å². The van der Waals surface area contributed by atoms with E-state index in [1.165, 1.54) is 12.4 Å². The van der Waals surface area contributed by atoms with E-state index in [4.69, 9.17) is 0 Å². The number of hydrogen-bond donors (Lipinski definition) is 0. The molecule has 0 spiro atoms. The van der Waals surface area contributed by atoms with Crippen LogP contribution in [0.15, 0.2) is 59.2 Å². The van der Waals surface area contributed by atoms with Gasteiger partial charge >= 0.3 is 0 Å². The standard InChI is InChI=1S/C12H12N2O2/c1-9-3-5-11(13(15)7-9)12-6-4-10(2)8-14(12)16/h3-8H,1-2H3. The molecule has 0 bridgehead atoms. The highest BCUT2D eigenvalue weighted by molar-refractivity contribution is 5.39. The van der Waals surface area contributed by atoms with Gasteiger partial charge in [-0.2, -0.15) is 0 Å². The largest absolute Gasteiger partial charge is 0.754 e. The summed E-state index contributed by atoms with van der Waals surface area (Å²) in [4.78, 5) is 11.6. The van der Waals surface area contributed by atoms with E-state index >= 15 is 0 Å². The van der Waals surface area contributed by atoms with Gasteiger partial charge in [0.15, 0.2) is 0 Å². The lowest BCUT2D eigenvalue weighted by molar-refractivity contribution is -0.422. The first-order valence-electron chi connectivity index (χ1n) is 4.98. The van der Waals surface area contributed by atoms with Gasteiger partial charge in [0.25, 0.3) is 5.70 Å². The van der Waals surface area contributed by atoms with E-state index in [1.54, 1.807) is 12.2 Å². The highest BCUT2D eigenvalue weighted by Gasteiger charge is 2.22. The molecule has 2 rings (SSSR count). The quantitative estimate of drug-likeness (QED) is 0.585. The summed E-state index contributed by atoms with van der Waals surface area (Å²) in [6, 6.07) is 0. The maximum Gasteiger partial charge on any atom is 0.285 e. The first-order chi connectivity index (χ1) is 7.58. The van der Waals surface area contributed by atoms with Crippen LogP contribution >= 0.6 is 0 Å². The summed E-state index contributed by atoms with van der Waals surface area (Å²) in [5.74, 6) is 0. The van der Waals surface area contributed by atoms with Crippen molar-refractivity contribution >= 4 is 0 Å². The molecule has 0 aromatic carbocycles. The van der Waals surface area contributed by atoms with Crippen molar-refractivity contribution in [1.29, 1.82) is 0 Å². The number of hydrogen-bond acceptors (Lipinski definition) is 3. The average molecular weight is 216 g/mol. The Morgan fingerprint density at radius 3 is 2.44 bits per heavy atom. The Morgan fingerprint density at radius 2 is 1.81 bits per heavy atom. The third-order valence-corrected chi connectivity index (χ3v) is 2.39. The normalized spacial score (nSPS) is 24.7. The third-order valence-electron chi connectivity index (χ3n) is 2.39. The van der Waals surface area contributed by atoms with Gasteiger partial charge in [-0.1, -0.05) is 6.08 Å². The van der Waals surface area contributed by atoms with Crippen molar-refractivity contribution < 1.29 is 4.76 Å². The van der Waals surface area contributed by atoms with E-state index in [2.05, 4.69) is 0 Å². The molecule has 4 nitrogen and oxygen atoms in total. The minimum atomic E-state index is 0.362. The fourth-order valence-corrected chi connectivity index (χ4v) is 1.56. The summed E-state index contributed by atoms with van der Waals surface area (Å²) in [7, 11) is 0. The van der Waals surface area contributed by atoms with E-state index in [-0.39, 0.29) is 0 Å². The number of rotatable bonds is 0. The van der Waals surface area contributed by atoms with Crippen LogP contribution in [0.4, 0.5) is 0 Å². The Morgan fingerprint density at radius 1 is 1.12 bits per heavy atom. The molecule has 0 saturated heterocycles. The summed E-state index contributed by atoms with van der Waals surface area (Å²) in [6.45, 7) is 3.66. The molecule has 0 saturated carbocycles. The van der Waals surface area contributed by atoms with Gasteiger partial charge in [0.05, 0.1) is 4.76 Å². The second-order valence-corrected chi connectivity index (χ2v) is 3.83. The lowest BCUT2D eigenvalue weighted by atomic mass is 10.1. The van der Waals surface area contributed by atoms with Crippen LogP contribution in [0.2, 0.25) is 0 Å². The van der Waals surface area contributed by atoms with Crippen molar-refractivity contribution in [3.8, 4) is 0 Å². The molecule has 2 aliphatic rings. The Hall–Kier alpha value is -1.94. The Kier molecular flexibility index (Phi) is 2.58. The fraction of sp³-hybridized carbons (Fsp3) is 0.167. The van der Waals surface area contributed by atoms with Gasteiger partial charge in [-0.05, 0) is 37.8 Å². The van der Waals surface area contributed by atoms with E-state index in [1.807, 2.05) is 26.0 Å². The summed E-state index contributed by atoms with van der Waals surface area (Å²) in [5, 5.41) is 12.4. The van der Waals surface area contributed by atoms with Crippen molar-refractivity contribution in [2.45, 2.75) is 13.8 Å². The molecule has 4 heteroatoms. The molecule has 82 valence electrons. The molecule has 2 aliphatic heterocycles. The van der Waals surface area contributed by atoms with Gasteiger partial charge in [-0.3, -0.25) is 0 Å². The molecule has 16 heavy (non-hydrogen) atoms. The summed E-state index contributed by atoms with van der Waals surface area (Å²) in [5.41, 5.74) is 2.45. The van der Waals surface area contributed by atoms with Crippen LogP contribution in [0, 0.1) is 10.1 Å². The zero-order valence-corrected chi connectivity index (χ0v) is 9.18. The number of hydroxylamine groups is 2. The summed E-state index contributed by atoms with van der Waals surface area (Å²) in [6.07, 6.45) is 9.83. The highest BCUT2D eigenvalue weighted by Crippen LogP contribution is 2.23. The van der Waals surface area contributed by atoms with E-state index in [0.717, 1.165) is 11.1 Å². The second-order valence-electron chi connectivity index (χ2n) is 3.83. The van der Waals surface area contributed by atoms with E-state index in [0.29, 0.717) is 21.2 Å². The summed E-state index contributed by atoms with van der Waals surface area (Å²) >= 11 is 0. The van der Waals surface area contributed by atoms with Crippen molar-refractivity contribution in [3.05, 3.63) is 69.4 Å². The fourth-order valence-electron chi connectivity index (χ4n) is 1.56. The van der Waals surface area contributed by atoms with Gasteiger partial charge in [0.2, 0.25) is 6.20 Å². The molecule has 0 N–H and O–H groups in total. The molecule has 0 atom stereocenters. The smallest absolute Gasteiger partial charge is 0.285 e. The number of allylic oxidation sites excluding steroid dienone is 6. The maximum absolute atomic E-state index is 11.6. The zero-order chi connectivity index (χ0) is 11.7. The first-order valence-corrected chi connectivity index (χ1v) is 4.98. The minimum absolute atomic E-state index is 0.362. The first kappa shape index (κ1) is 10.6. The zero-order valence-electron chi connectivity index (χ0n) is 9.18. The van der Waals surface area contributed by atoms with Gasteiger partial charge in [0.1, 0.15) is 5.70 Å². The van der Waals surface area contributed by atoms with Crippen LogP contribution in [-0.2, 0) is 0 Å². The van der Waals surface area contributed by atoms with Crippen molar-refractivity contribution in [3.63, 3.8) is 0 Å². The maximum atomic E-state index is 11.6. The molecule has 0 aromatic rings. The van der Waals surface area contributed by atoms with Crippen molar-refractivity contribution in [2.24, 2.45) is 0 Å². The lowest BCUT2D eigenvalue weighted by Crippen LogP contribution is -2.16. The predicted octanol–water partition coefficient (Wildman–Crippen LogP) is 2.72. The lowest BCUT2D eigenvalue weighted by Gasteiger charge is -2.29. The Labute approximate surface area is 93.7 Å². The van der Waals surface area contributed by atoms with E-state index < -0.39 is 0 Å². The molecule has 2 heterocycles. The van der Waals surface area contributed by atoms with Crippen molar-refractivity contribution in [2.75, 3.05) is 0 Å². The monoisotopic (exact) mass is 216 g/mol.